The van der Waals surface area contributed by atoms with Crippen molar-refractivity contribution < 1.29 is 22.3 Å². The second-order valence-corrected chi connectivity index (χ2v) is 19.6. The predicted molar refractivity (Wildman–Crippen MR) is 228 cm³/mol. The average molecular weight is 795 g/mol. The number of hydrogen-bond acceptors (Lipinski definition) is 1. The van der Waals surface area contributed by atoms with Gasteiger partial charge in [0.2, 0.25) is 0 Å². The molecule has 2 atom stereocenters. The Kier molecular flexibility index (Phi) is 18.2. The molecule has 6 rings (SSSR count). The van der Waals surface area contributed by atoms with E-state index in [9.17, 15) is 17.6 Å². The SMILES string of the molecule is CCCCCCCC1CCC(C2CCC(C(OC(c3ccc(F)c(F)c3)C3CCC(C4CCC(CCCCCCC)CC4)CC3)c3ccc(F)c(F)c3)CC2)CC1. The van der Waals surface area contributed by atoms with Crippen LogP contribution in [-0.4, -0.2) is 0 Å². The van der Waals surface area contributed by atoms with Crippen molar-refractivity contribution in [3.05, 3.63) is 70.8 Å². The van der Waals surface area contributed by atoms with Gasteiger partial charge >= 0.3 is 0 Å². The Hall–Kier alpha value is -1.88. The zero-order valence-corrected chi connectivity index (χ0v) is 36.0. The molecule has 4 fully saturated rings. The summed E-state index contributed by atoms with van der Waals surface area (Å²) in [7, 11) is 0. The number of hydrogen-bond donors (Lipinski definition) is 0. The highest BCUT2D eigenvalue weighted by Crippen LogP contribution is 2.50. The predicted octanol–water partition coefficient (Wildman–Crippen LogP) is 17.0. The Morgan fingerprint density at radius 1 is 0.421 bits per heavy atom. The summed E-state index contributed by atoms with van der Waals surface area (Å²) < 4.78 is 65.7. The molecule has 0 heterocycles. The summed E-state index contributed by atoms with van der Waals surface area (Å²) in [5.74, 6) is 1.74. The lowest BCUT2D eigenvalue weighted by Crippen LogP contribution is -2.31. The van der Waals surface area contributed by atoms with Crippen molar-refractivity contribution in [3.63, 3.8) is 0 Å². The summed E-state index contributed by atoms with van der Waals surface area (Å²) in [5, 5.41) is 0. The second-order valence-electron chi connectivity index (χ2n) is 19.6. The van der Waals surface area contributed by atoms with Crippen LogP contribution in [0.1, 0.15) is 217 Å². The van der Waals surface area contributed by atoms with Gasteiger partial charge in [-0.25, -0.2) is 17.6 Å². The number of benzene rings is 2. The molecule has 320 valence electrons. The molecule has 0 aromatic heterocycles. The molecule has 0 spiro atoms. The lowest BCUT2D eigenvalue weighted by molar-refractivity contribution is -0.0937. The van der Waals surface area contributed by atoms with Gasteiger partial charge in [-0.15, -0.1) is 0 Å². The van der Waals surface area contributed by atoms with Crippen LogP contribution in [0, 0.1) is 70.6 Å². The van der Waals surface area contributed by atoms with Gasteiger partial charge in [0, 0.05) is 0 Å². The third-order valence-corrected chi connectivity index (χ3v) is 15.9. The first-order chi connectivity index (χ1) is 27.8. The number of unbranched alkanes of at least 4 members (excludes halogenated alkanes) is 8. The standard InChI is InChI=1S/C52H78F4O/c1-3-5-7-9-11-13-37-15-19-39(20-16-37)41-23-27-43(28-24-41)51(45-31-33-47(53)49(55)35-45)57-52(46-32-34-48(54)50(56)36-46)44-29-25-42(26-30-44)40-21-17-38(18-22-40)14-12-10-8-6-4-2/h31-44,51-52H,3-30H2,1-2H3. The quantitative estimate of drug-likeness (QED) is 0.0958. The number of ether oxygens (including phenoxy) is 1. The van der Waals surface area contributed by atoms with Crippen LogP contribution < -0.4 is 0 Å². The van der Waals surface area contributed by atoms with E-state index in [2.05, 4.69) is 13.8 Å². The van der Waals surface area contributed by atoms with Gasteiger partial charge in [0.1, 0.15) is 0 Å². The van der Waals surface area contributed by atoms with E-state index in [1.165, 1.54) is 153 Å². The molecule has 5 heteroatoms. The highest BCUT2D eigenvalue weighted by atomic mass is 19.2. The summed E-state index contributed by atoms with van der Waals surface area (Å²) in [6.45, 7) is 4.56. The third kappa shape index (κ3) is 13.1. The molecule has 0 aliphatic heterocycles. The maximum atomic E-state index is 14.9. The topological polar surface area (TPSA) is 9.23 Å². The zero-order chi connectivity index (χ0) is 40.0. The van der Waals surface area contributed by atoms with Gasteiger partial charge in [-0.3, -0.25) is 0 Å². The van der Waals surface area contributed by atoms with Crippen LogP contribution >= 0.6 is 0 Å². The van der Waals surface area contributed by atoms with Crippen LogP contribution in [0.15, 0.2) is 36.4 Å². The van der Waals surface area contributed by atoms with Crippen LogP contribution in [0.25, 0.3) is 0 Å². The normalized spacial score (nSPS) is 29.6. The molecule has 2 aromatic rings. The van der Waals surface area contributed by atoms with E-state index in [-0.39, 0.29) is 11.8 Å². The molecule has 4 saturated carbocycles. The van der Waals surface area contributed by atoms with E-state index in [0.717, 1.165) is 86.9 Å². The molecule has 0 radical (unpaired) electrons. The molecule has 0 bridgehead atoms. The Balaban J connectivity index is 1.08. The molecule has 2 unspecified atom stereocenters. The lowest BCUT2D eigenvalue weighted by atomic mass is 9.67. The van der Waals surface area contributed by atoms with Crippen LogP contribution in [-0.2, 0) is 4.74 Å². The number of halogens is 4. The molecule has 2 aromatic carbocycles. The first-order valence-corrected chi connectivity index (χ1v) is 24.4. The fourth-order valence-electron chi connectivity index (χ4n) is 12.3. The molecule has 0 amide bonds. The summed E-state index contributed by atoms with van der Waals surface area (Å²) in [4.78, 5) is 0. The van der Waals surface area contributed by atoms with Gasteiger partial charge in [-0.05, 0) is 160 Å². The largest absolute Gasteiger partial charge is 0.365 e. The van der Waals surface area contributed by atoms with Crippen molar-refractivity contribution in [2.75, 3.05) is 0 Å². The third-order valence-electron chi connectivity index (χ3n) is 15.9. The van der Waals surface area contributed by atoms with E-state index in [1.807, 2.05) is 0 Å². The fourth-order valence-corrected chi connectivity index (χ4v) is 12.3. The van der Waals surface area contributed by atoms with E-state index in [1.54, 1.807) is 12.1 Å². The van der Waals surface area contributed by atoms with Crippen molar-refractivity contribution >= 4 is 0 Å². The molecular weight excluding hydrogens is 717 g/mol. The summed E-state index contributed by atoms with van der Waals surface area (Å²) >= 11 is 0. The molecule has 57 heavy (non-hydrogen) atoms. The van der Waals surface area contributed by atoms with Crippen LogP contribution in [0.2, 0.25) is 0 Å². The van der Waals surface area contributed by atoms with Crippen molar-refractivity contribution in [2.45, 2.75) is 206 Å². The van der Waals surface area contributed by atoms with Gasteiger partial charge < -0.3 is 4.74 Å². The maximum absolute atomic E-state index is 14.9. The van der Waals surface area contributed by atoms with Gasteiger partial charge in [0.05, 0.1) is 12.2 Å². The smallest absolute Gasteiger partial charge is 0.159 e. The molecule has 1 nitrogen and oxygen atoms in total. The fraction of sp³-hybridized carbons (Fsp3) is 0.769. The summed E-state index contributed by atoms with van der Waals surface area (Å²) in [6.07, 6.45) is 35.0. The minimum absolute atomic E-state index is 0.163. The van der Waals surface area contributed by atoms with E-state index < -0.39 is 35.5 Å². The van der Waals surface area contributed by atoms with Gasteiger partial charge in [0.25, 0.3) is 0 Å². The Morgan fingerprint density at radius 3 is 1.09 bits per heavy atom. The molecule has 0 N–H and O–H groups in total. The molecule has 4 aliphatic carbocycles. The van der Waals surface area contributed by atoms with Gasteiger partial charge in [-0.1, -0.05) is 129 Å². The summed E-state index contributed by atoms with van der Waals surface area (Å²) in [5.41, 5.74) is 1.33. The van der Waals surface area contributed by atoms with Crippen molar-refractivity contribution in [1.82, 2.24) is 0 Å². The van der Waals surface area contributed by atoms with Crippen molar-refractivity contribution in [2.24, 2.45) is 47.3 Å². The average Bonchev–Trinajstić information content (AvgIpc) is 3.24. The summed E-state index contributed by atoms with van der Waals surface area (Å²) in [6, 6.07) is 8.51. The highest BCUT2D eigenvalue weighted by Gasteiger charge is 2.39. The van der Waals surface area contributed by atoms with Gasteiger partial charge in [0.15, 0.2) is 23.3 Å². The molecule has 4 aliphatic rings. The van der Waals surface area contributed by atoms with E-state index >= 15 is 0 Å². The van der Waals surface area contributed by atoms with Crippen LogP contribution in [0.3, 0.4) is 0 Å². The minimum Gasteiger partial charge on any atom is -0.365 e. The van der Waals surface area contributed by atoms with Crippen LogP contribution in [0.5, 0.6) is 0 Å². The first-order valence-electron chi connectivity index (χ1n) is 24.4. The van der Waals surface area contributed by atoms with Gasteiger partial charge in [-0.2, -0.15) is 0 Å². The Labute approximate surface area is 345 Å². The molecule has 0 saturated heterocycles. The molecular formula is C52H78F4O. The van der Waals surface area contributed by atoms with E-state index in [0.29, 0.717) is 11.1 Å². The second kappa shape index (κ2) is 23.2. The Bertz CT molecular complexity index is 1320. The lowest BCUT2D eigenvalue weighted by Gasteiger charge is -2.43. The Morgan fingerprint density at radius 2 is 0.754 bits per heavy atom. The highest BCUT2D eigenvalue weighted by molar-refractivity contribution is 5.24. The zero-order valence-electron chi connectivity index (χ0n) is 36.0. The van der Waals surface area contributed by atoms with E-state index in [4.69, 9.17) is 4.74 Å². The number of rotatable bonds is 20. The minimum atomic E-state index is -0.854. The van der Waals surface area contributed by atoms with Crippen molar-refractivity contribution in [3.8, 4) is 0 Å². The first kappa shape index (κ1) is 44.7. The maximum Gasteiger partial charge on any atom is 0.159 e. The van der Waals surface area contributed by atoms with Crippen molar-refractivity contribution in [1.29, 1.82) is 0 Å². The monoisotopic (exact) mass is 795 g/mol. The van der Waals surface area contributed by atoms with Crippen LogP contribution in [0.4, 0.5) is 17.6 Å².